The van der Waals surface area contributed by atoms with Gasteiger partial charge in [-0.15, -0.1) is 5.10 Å². The van der Waals surface area contributed by atoms with Crippen LogP contribution in [0.15, 0.2) is 47.1 Å². The van der Waals surface area contributed by atoms with Crippen molar-refractivity contribution >= 4 is 5.91 Å². The number of carbonyl (C=O) groups is 1. The highest BCUT2D eigenvalue weighted by Crippen LogP contribution is 2.25. The van der Waals surface area contributed by atoms with E-state index in [2.05, 4.69) is 15.6 Å². The predicted molar refractivity (Wildman–Crippen MR) is 86.4 cm³/mol. The average Bonchev–Trinajstić information content (AvgIpc) is 3.22. The Bertz CT molecular complexity index is 789. The van der Waals surface area contributed by atoms with Crippen LogP contribution in [0.4, 0.5) is 0 Å². The number of carbonyl (C=O) groups excluding carboxylic acids is 1. The van der Waals surface area contributed by atoms with E-state index in [1.54, 1.807) is 23.1 Å². The molecule has 1 N–H and O–H groups in total. The van der Waals surface area contributed by atoms with Crippen molar-refractivity contribution in [2.24, 2.45) is 0 Å². The fourth-order valence-corrected chi connectivity index (χ4v) is 2.26. The first-order valence-corrected chi connectivity index (χ1v) is 7.55. The third kappa shape index (κ3) is 3.01. The molecule has 0 bridgehead atoms. The number of amides is 1. The molecule has 3 aromatic rings. The third-order valence-corrected chi connectivity index (χ3v) is 3.45. The lowest BCUT2D eigenvalue weighted by Gasteiger charge is -2.06. The number of nitrogens with zero attached hydrogens (tertiary/aromatic N) is 3. The van der Waals surface area contributed by atoms with Crippen LogP contribution in [0.5, 0.6) is 0 Å². The maximum Gasteiger partial charge on any atom is 0.274 e. The number of hydrogen-bond acceptors (Lipinski definition) is 4. The number of nitrogens with one attached hydrogen (secondary N) is 1. The molecule has 0 atom stereocenters. The summed E-state index contributed by atoms with van der Waals surface area (Å²) in [6.45, 7) is 4.60. The highest BCUT2D eigenvalue weighted by atomic mass is 16.3. The Balaban J connectivity index is 2.08. The van der Waals surface area contributed by atoms with Gasteiger partial charge in [-0.2, -0.15) is 0 Å². The van der Waals surface area contributed by atoms with E-state index in [4.69, 9.17) is 4.42 Å². The molecular weight excluding hydrogens is 292 g/mol. The number of furan rings is 1. The Morgan fingerprint density at radius 3 is 2.70 bits per heavy atom. The molecule has 2 aromatic heterocycles. The zero-order chi connectivity index (χ0) is 16.2. The molecule has 2 heterocycles. The Morgan fingerprint density at radius 2 is 2.04 bits per heavy atom. The van der Waals surface area contributed by atoms with Crippen molar-refractivity contribution in [1.82, 2.24) is 20.3 Å². The second kappa shape index (κ2) is 6.48. The van der Waals surface area contributed by atoms with Crippen LogP contribution in [0.1, 0.15) is 29.4 Å². The number of aromatic nitrogens is 3. The van der Waals surface area contributed by atoms with Gasteiger partial charge in [0.05, 0.1) is 12.0 Å². The van der Waals surface area contributed by atoms with E-state index in [9.17, 15) is 4.79 Å². The van der Waals surface area contributed by atoms with Gasteiger partial charge in [-0.25, -0.2) is 4.68 Å². The summed E-state index contributed by atoms with van der Waals surface area (Å²) >= 11 is 0. The summed E-state index contributed by atoms with van der Waals surface area (Å²) in [6.07, 6.45) is 2.42. The molecule has 0 saturated carbocycles. The molecular formula is C17H18N4O2. The van der Waals surface area contributed by atoms with Crippen molar-refractivity contribution in [3.05, 3.63) is 53.9 Å². The maximum atomic E-state index is 12.3. The normalized spacial score (nSPS) is 10.7. The van der Waals surface area contributed by atoms with Crippen LogP contribution in [0.2, 0.25) is 0 Å². The van der Waals surface area contributed by atoms with Crippen molar-refractivity contribution in [2.75, 3.05) is 6.54 Å². The van der Waals surface area contributed by atoms with Gasteiger partial charge in [0.15, 0.2) is 11.5 Å². The van der Waals surface area contributed by atoms with Crippen molar-refractivity contribution in [1.29, 1.82) is 0 Å². The van der Waals surface area contributed by atoms with E-state index in [1.807, 2.05) is 38.1 Å². The summed E-state index contributed by atoms with van der Waals surface area (Å²) in [4.78, 5) is 12.3. The number of benzene rings is 1. The van der Waals surface area contributed by atoms with E-state index < -0.39 is 0 Å². The molecule has 0 radical (unpaired) electrons. The van der Waals surface area contributed by atoms with Crippen LogP contribution < -0.4 is 5.32 Å². The highest BCUT2D eigenvalue weighted by molar-refractivity contribution is 5.97. The van der Waals surface area contributed by atoms with Gasteiger partial charge in [-0.1, -0.05) is 29.8 Å². The highest BCUT2D eigenvalue weighted by Gasteiger charge is 2.23. The van der Waals surface area contributed by atoms with E-state index in [-0.39, 0.29) is 11.6 Å². The fourth-order valence-electron chi connectivity index (χ4n) is 2.26. The lowest BCUT2D eigenvalue weighted by Crippen LogP contribution is -2.25. The lowest BCUT2D eigenvalue weighted by atomic mass is 10.2. The molecule has 1 amide bonds. The minimum absolute atomic E-state index is 0.253. The van der Waals surface area contributed by atoms with Gasteiger partial charge in [0, 0.05) is 6.54 Å². The monoisotopic (exact) mass is 310 g/mol. The van der Waals surface area contributed by atoms with Crippen molar-refractivity contribution in [3.63, 3.8) is 0 Å². The summed E-state index contributed by atoms with van der Waals surface area (Å²) in [5.41, 5.74) is 2.78. The van der Waals surface area contributed by atoms with Gasteiger partial charge < -0.3 is 9.73 Å². The van der Waals surface area contributed by atoms with Crippen LogP contribution in [0.3, 0.4) is 0 Å². The lowest BCUT2D eigenvalue weighted by molar-refractivity contribution is 0.0949. The molecule has 118 valence electrons. The van der Waals surface area contributed by atoms with Crippen LogP contribution in [-0.4, -0.2) is 27.4 Å². The Hall–Kier alpha value is -2.89. The summed E-state index contributed by atoms with van der Waals surface area (Å²) in [6, 6.07) is 11.4. The average molecular weight is 310 g/mol. The first kappa shape index (κ1) is 15.0. The standard InChI is InChI=1S/C17H18N4O2/c1-3-10-18-17(22)15-16(14-5-4-11-23-14)21(20-19-15)13-8-6-12(2)7-9-13/h4-9,11H,3,10H2,1-2H3,(H,18,22). The third-order valence-electron chi connectivity index (χ3n) is 3.45. The van der Waals surface area contributed by atoms with Crippen molar-refractivity contribution in [2.45, 2.75) is 20.3 Å². The molecule has 0 unspecified atom stereocenters. The van der Waals surface area contributed by atoms with Crippen LogP contribution in [-0.2, 0) is 0 Å². The number of aryl methyl sites for hydroxylation is 1. The van der Waals surface area contributed by atoms with Gasteiger partial charge in [0.2, 0.25) is 0 Å². The van der Waals surface area contributed by atoms with Gasteiger partial charge in [-0.05, 0) is 37.6 Å². The van der Waals surface area contributed by atoms with E-state index in [1.165, 1.54) is 0 Å². The molecule has 0 saturated heterocycles. The van der Waals surface area contributed by atoms with Crippen molar-refractivity contribution in [3.8, 4) is 17.1 Å². The van der Waals surface area contributed by atoms with E-state index in [0.29, 0.717) is 18.0 Å². The Morgan fingerprint density at radius 1 is 1.26 bits per heavy atom. The summed E-state index contributed by atoms with van der Waals surface area (Å²) < 4.78 is 7.10. The second-order valence-electron chi connectivity index (χ2n) is 5.27. The summed E-state index contributed by atoms with van der Waals surface area (Å²) in [7, 11) is 0. The molecule has 0 aliphatic rings. The molecule has 6 heteroatoms. The maximum absolute atomic E-state index is 12.3. The molecule has 0 aliphatic heterocycles. The smallest absolute Gasteiger partial charge is 0.274 e. The quantitative estimate of drug-likeness (QED) is 0.786. The summed E-state index contributed by atoms with van der Waals surface area (Å²) in [5, 5.41) is 11.0. The zero-order valence-electron chi connectivity index (χ0n) is 13.1. The first-order chi connectivity index (χ1) is 11.2. The molecule has 0 fully saturated rings. The van der Waals surface area contributed by atoms with Crippen LogP contribution >= 0.6 is 0 Å². The topological polar surface area (TPSA) is 73.0 Å². The molecule has 0 spiro atoms. The Labute approximate surface area is 134 Å². The fraction of sp³-hybridized carbons (Fsp3) is 0.235. The molecule has 23 heavy (non-hydrogen) atoms. The molecule has 6 nitrogen and oxygen atoms in total. The predicted octanol–water partition coefficient (Wildman–Crippen LogP) is 2.98. The van der Waals surface area contributed by atoms with Crippen LogP contribution in [0, 0.1) is 6.92 Å². The van der Waals surface area contributed by atoms with Crippen LogP contribution in [0.25, 0.3) is 17.1 Å². The van der Waals surface area contributed by atoms with E-state index >= 15 is 0 Å². The molecule has 3 rings (SSSR count). The first-order valence-electron chi connectivity index (χ1n) is 7.55. The Kier molecular flexibility index (Phi) is 4.23. The van der Waals surface area contributed by atoms with Gasteiger partial charge in [-0.3, -0.25) is 4.79 Å². The van der Waals surface area contributed by atoms with Gasteiger partial charge in [0.1, 0.15) is 5.69 Å². The van der Waals surface area contributed by atoms with Gasteiger partial charge in [0.25, 0.3) is 5.91 Å². The molecule has 0 aliphatic carbocycles. The zero-order valence-corrected chi connectivity index (χ0v) is 13.1. The molecule has 1 aromatic carbocycles. The SMILES string of the molecule is CCCNC(=O)c1nnn(-c2ccc(C)cc2)c1-c1ccco1. The van der Waals surface area contributed by atoms with E-state index in [0.717, 1.165) is 17.7 Å². The second-order valence-corrected chi connectivity index (χ2v) is 5.27. The minimum atomic E-state index is -0.253. The number of rotatable bonds is 5. The number of hydrogen-bond donors (Lipinski definition) is 1. The van der Waals surface area contributed by atoms with Crippen molar-refractivity contribution < 1.29 is 9.21 Å². The summed E-state index contributed by atoms with van der Waals surface area (Å²) in [5.74, 6) is 0.300. The largest absolute Gasteiger partial charge is 0.463 e. The van der Waals surface area contributed by atoms with Gasteiger partial charge >= 0.3 is 0 Å². The minimum Gasteiger partial charge on any atom is -0.463 e.